The number of methoxy groups -OCH3 is 1. The molecule has 1 N–H and O–H groups in total. The standard InChI is InChI=1S/C16H16FN3O3/c1-23-8-6-18-15(21)10-20-14-9-11(17)4-5-12(14)19-7-2-3-13(19)16(20)22/h2-5,7,9H,6,8,10H2,1H3,(H,18,21). The van der Waals surface area contributed by atoms with Crippen LogP contribution >= 0.6 is 0 Å². The van der Waals surface area contributed by atoms with E-state index >= 15 is 0 Å². The number of hydrogen-bond acceptors (Lipinski definition) is 3. The second-order valence-corrected chi connectivity index (χ2v) is 5.13. The highest BCUT2D eigenvalue weighted by molar-refractivity contribution is 5.82. The van der Waals surface area contributed by atoms with Crippen molar-refractivity contribution in [2.45, 2.75) is 6.54 Å². The molecule has 0 atom stereocenters. The molecule has 1 amide bonds. The molecule has 0 spiro atoms. The number of carbonyl (C=O) groups excluding carboxylic acids is 1. The SMILES string of the molecule is COCCNC(=O)Cn1c(=O)c2cccn2c2ccc(F)cc21. The van der Waals surface area contributed by atoms with Crippen molar-refractivity contribution in [1.29, 1.82) is 0 Å². The average Bonchev–Trinajstić information content (AvgIpc) is 3.01. The Balaban J connectivity index is 2.09. The molecular weight excluding hydrogens is 301 g/mol. The number of fused-ring (bicyclic) bond motifs is 3. The Kier molecular flexibility index (Phi) is 4.12. The minimum atomic E-state index is -0.461. The zero-order valence-corrected chi connectivity index (χ0v) is 12.6. The van der Waals surface area contributed by atoms with Crippen LogP contribution in [-0.2, 0) is 16.1 Å². The van der Waals surface area contributed by atoms with E-state index in [0.717, 1.165) is 0 Å². The second-order valence-electron chi connectivity index (χ2n) is 5.13. The molecule has 0 fully saturated rings. The van der Waals surface area contributed by atoms with Crippen LogP contribution in [0.3, 0.4) is 0 Å². The first-order valence-electron chi connectivity index (χ1n) is 7.16. The van der Waals surface area contributed by atoms with E-state index in [1.807, 2.05) is 0 Å². The van der Waals surface area contributed by atoms with E-state index in [4.69, 9.17) is 4.74 Å². The van der Waals surface area contributed by atoms with Crippen LogP contribution in [0, 0.1) is 5.82 Å². The van der Waals surface area contributed by atoms with Gasteiger partial charge in [0.2, 0.25) is 5.91 Å². The van der Waals surface area contributed by atoms with E-state index in [9.17, 15) is 14.0 Å². The number of halogens is 1. The van der Waals surface area contributed by atoms with Crippen LogP contribution in [0.4, 0.5) is 4.39 Å². The summed E-state index contributed by atoms with van der Waals surface area (Å²) in [4.78, 5) is 24.6. The molecule has 0 saturated carbocycles. The summed E-state index contributed by atoms with van der Waals surface area (Å²) in [6, 6.07) is 7.59. The maximum atomic E-state index is 13.6. The molecule has 0 aliphatic rings. The minimum Gasteiger partial charge on any atom is -0.383 e. The quantitative estimate of drug-likeness (QED) is 0.718. The summed E-state index contributed by atoms with van der Waals surface area (Å²) in [5, 5.41) is 2.66. The number of nitrogens with one attached hydrogen (secondary N) is 1. The Morgan fingerprint density at radius 1 is 1.26 bits per heavy atom. The summed E-state index contributed by atoms with van der Waals surface area (Å²) in [6.45, 7) is 0.557. The lowest BCUT2D eigenvalue weighted by atomic mass is 10.2. The van der Waals surface area contributed by atoms with Crippen molar-refractivity contribution in [3.63, 3.8) is 0 Å². The summed E-state index contributed by atoms with van der Waals surface area (Å²) < 4.78 is 21.5. The third-order valence-electron chi connectivity index (χ3n) is 3.63. The van der Waals surface area contributed by atoms with Gasteiger partial charge in [0.25, 0.3) is 5.56 Å². The molecule has 1 aromatic carbocycles. The number of hydrogen-bond donors (Lipinski definition) is 1. The lowest BCUT2D eigenvalue weighted by Gasteiger charge is -2.12. The summed E-state index contributed by atoms with van der Waals surface area (Å²) in [6.07, 6.45) is 1.74. The van der Waals surface area contributed by atoms with E-state index in [1.165, 1.54) is 23.8 Å². The van der Waals surface area contributed by atoms with Gasteiger partial charge in [-0.3, -0.25) is 14.2 Å². The van der Waals surface area contributed by atoms with Crippen LogP contribution in [0.25, 0.3) is 16.6 Å². The van der Waals surface area contributed by atoms with Crippen molar-refractivity contribution in [1.82, 2.24) is 14.3 Å². The molecule has 7 heteroatoms. The third-order valence-corrected chi connectivity index (χ3v) is 3.63. The van der Waals surface area contributed by atoms with Crippen molar-refractivity contribution in [2.24, 2.45) is 0 Å². The predicted molar refractivity (Wildman–Crippen MR) is 84.0 cm³/mol. The molecule has 3 rings (SSSR count). The molecule has 6 nitrogen and oxygen atoms in total. The molecule has 0 radical (unpaired) electrons. The molecule has 0 bridgehead atoms. The smallest absolute Gasteiger partial charge is 0.275 e. The Labute approximate surface area is 131 Å². The Morgan fingerprint density at radius 3 is 2.87 bits per heavy atom. The fourth-order valence-corrected chi connectivity index (χ4v) is 2.58. The van der Waals surface area contributed by atoms with Crippen LogP contribution < -0.4 is 10.9 Å². The number of benzene rings is 1. The molecule has 0 aliphatic heterocycles. The van der Waals surface area contributed by atoms with Crippen LogP contribution in [0.2, 0.25) is 0 Å². The van der Waals surface area contributed by atoms with Gasteiger partial charge >= 0.3 is 0 Å². The van der Waals surface area contributed by atoms with Crippen molar-refractivity contribution in [3.8, 4) is 0 Å². The topological polar surface area (TPSA) is 64.7 Å². The molecule has 0 unspecified atom stereocenters. The Hall–Kier alpha value is -2.67. The summed E-state index contributed by atoms with van der Waals surface area (Å²) >= 11 is 0. The summed E-state index contributed by atoms with van der Waals surface area (Å²) in [5.74, 6) is -0.789. The number of aromatic nitrogens is 2. The lowest BCUT2D eigenvalue weighted by molar-refractivity contribution is -0.121. The number of amides is 1. The fraction of sp³-hybridized carbons (Fsp3) is 0.250. The number of rotatable bonds is 5. The molecule has 2 heterocycles. The number of ether oxygens (including phenoxy) is 1. The third kappa shape index (κ3) is 2.83. The molecule has 2 aromatic heterocycles. The first kappa shape index (κ1) is 15.2. The maximum absolute atomic E-state index is 13.6. The highest BCUT2D eigenvalue weighted by Crippen LogP contribution is 2.16. The van der Waals surface area contributed by atoms with E-state index < -0.39 is 5.82 Å². The zero-order chi connectivity index (χ0) is 16.4. The Bertz CT molecular complexity index is 929. The fourth-order valence-electron chi connectivity index (χ4n) is 2.58. The highest BCUT2D eigenvalue weighted by Gasteiger charge is 2.13. The molecule has 23 heavy (non-hydrogen) atoms. The minimum absolute atomic E-state index is 0.176. The van der Waals surface area contributed by atoms with Gasteiger partial charge in [-0.2, -0.15) is 0 Å². The predicted octanol–water partition coefficient (Wildman–Crippen LogP) is 1.16. The van der Waals surface area contributed by atoms with E-state index in [2.05, 4.69) is 5.32 Å². The second kappa shape index (κ2) is 6.21. The molecular formula is C16H16FN3O3. The van der Waals surface area contributed by atoms with Gasteiger partial charge in [-0.05, 0) is 30.3 Å². The van der Waals surface area contributed by atoms with Gasteiger partial charge in [-0.25, -0.2) is 4.39 Å². The molecule has 120 valence electrons. The van der Waals surface area contributed by atoms with Gasteiger partial charge in [0.05, 0.1) is 17.6 Å². The number of nitrogens with zero attached hydrogens (tertiary/aromatic N) is 2. The van der Waals surface area contributed by atoms with Gasteiger partial charge in [0.15, 0.2) is 0 Å². The number of carbonyl (C=O) groups is 1. The van der Waals surface area contributed by atoms with E-state index in [1.54, 1.807) is 28.8 Å². The van der Waals surface area contributed by atoms with Gasteiger partial charge < -0.3 is 14.5 Å². The van der Waals surface area contributed by atoms with Crippen LogP contribution in [-0.4, -0.2) is 35.1 Å². The van der Waals surface area contributed by atoms with Crippen molar-refractivity contribution >= 4 is 22.5 Å². The summed E-state index contributed by atoms with van der Waals surface area (Å²) in [5.41, 5.74) is 1.14. The normalized spacial score (nSPS) is 11.2. The largest absolute Gasteiger partial charge is 0.383 e. The van der Waals surface area contributed by atoms with Crippen molar-refractivity contribution in [2.75, 3.05) is 20.3 Å². The van der Waals surface area contributed by atoms with E-state index in [-0.39, 0.29) is 18.0 Å². The van der Waals surface area contributed by atoms with E-state index in [0.29, 0.717) is 29.7 Å². The monoisotopic (exact) mass is 317 g/mol. The van der Waals surface area contributed by atoms with Gasteiger partial charge in [-0.15, -0.1) is 0 Å². The van der Waals surface area contributed by atoms with Crippen molar-refractivity contribution in [3.05, 3.63) is 52.7 Å². The maximum Gasteiger partial charge on any atom is 0.275 e. The van der Waals surface area contributed by atoms with Crippen molar-refractivity contribution < 1.29 is 13.9 Å². The summed E-state index contributed by atoms with van der Waals surface area (Å²) in [7, 11) is 1.54. The van der Waals surface area contributed by atoms with Gasteiger partial charge in [0, 0.05) is 19.9 Å². The molecule has 0 aliphatic carbocycles. The van der Waals surface area contributed by atoms with Crippen LogP contribution in [0.5, 0.6) is 0 Å². The van der Waals surface area contributed by atoms with Crippen LogP contribution in [0.15, 0.2) is 41.3 Å². The molecule has 3 aromatic rings. The van der Waals surface area contributed by atoms with Gasteiger partial charge in [-0.1, -0.05) is 0 Å². The zero-order valence-electron chi connectivity index (χ0n) is 12.6. The first-order valence-corrected chi connectivity index (χ1v) is 7.16. The molecule has 0 saturated heterocycles. The van der Waals surface area contributed by atoms with Crippen LogP contribution in [0.1, 0.15) is 0 Å². The first-order chi connectivity index (χ1) is 11.1. The lowest BCUT2D eigenvalue weighted by Crippen LogP contribution is -2.34. The Morgan fingerprint density at radius 2 is 2.09 bits per heavy atom. The van der Waals surface area contributed by atoms with Gasteiger partial charge in [0.1, 0.15) is 17.9 Å². The average molecular weight is 317 g/mol. The highest BCUT2D eigenvalue weighted by atomic mass is 19.1.